The molecule has 0 aromatic heterocycles. The maximum absolute atomic E-state index is 12.7. The minimum absolute atomic E-state index is 0.0465. The maximum Gasteiger partial charge on any atom is 0.342 e. The summed E-state index contributed by atoms with van der Waals surface area (Å²) >= 11 is 0. The van der Waals surface area contributed by atoms with Gasteiger partial charge in [0.1, 0.15) is 35.1 Å². The average Bonchev–Trinajstić information content (AvgIpc) is 2.97. The molecule has 150 valence electrons. The lowest BCUT2D eigenvalue weighted by Crippen LogP contribution is -2.72. The molecule has 3 aliphatic carbocycles. The molecule has 0 aliphatic heterocycles. The van der Waals surface area contributed by atoms with E-state index in [9.17, 15) is 24.9 Å². The Bertz CT molecular complexity index is 866. The summed E-state index contributed by atoms with van der Waals surface area (Å²) in [5.74, 6) is -0.271. The van der Waals surface area contributed by atoms with Crippen molar-refractivity contribution in [3.05, 3.63) is 34.9 Å². The molecule has 0 bridgehead atoms. The molecule has 0 saturated heterocycles. The van der Waals surface area contributed by atoms with Gasteiger partial charge in [0.25, 0.3) is 0 Å². The minimum atomic E-state index is -1.52. The number of allylic oxidation sites excluding steroid dienone is 1. The predicted molar refractivity (Wildman–Crippen MR) is 101 cm³/mol. The van der Waals surface area contributed by atoms with E-state index in [2.05, 4.69) is 6.92 Å². The molecule has 6 unspecified atom stereocenters. The van der Waals surface area contributed by atoms with Gasteiger partial charge in [0.2, 0.25) is 0 Å². The predicted octanol–water partition coefficient (Wildman–Crippen LogP) is 2.87. The fourth-order valence-corrected chi connectivity index (χ4v) is 5.94. The van der Waals surface area contributed by atoms with Gasteiger partial charge in [-0.15, -0.1) is 0 Å². The van der Waals surface area contributed by atoms with Crippen molar-refractivity contribution in [1.82, 2.24) is 0 Å². The maximum atomic E-state index is 12.7. The van der Waals surface area contributed by atoms with Gasteiger partial charge >= 0.3 is 5.97 Å². The number of carbonyl (C=O) groups is 2. The number of aldehydes is 1. The number of hydrogen-bond acceptors (Lipinski definition) is 6. The van der Waals surface area contributed by atoms with E-state index >= 15 is 0 Å². The Morgan fingerprint density at radius 2 is 2.00 bits per heavy atom. The first kappa shape index (κ1) is 19.0. The van der Waals surface area contributed by atoms with Gasteiger partial charge in [-0.3, -0.25) is 4.79 Å². The van der Waals surface area contributed by atoms with E-state index in [4.69, 9.17) is 4.74 Å². The van der Waals surface area contributed by atoms with Crippen LogP contribution in [0, 0.1) is 30.1 Å². The third kappa shape index (κ3) is 2.37. The number of hydrogen-bond donors (Lipinski definition) is 3. The highest BCUT2D eigenvalue weighted by Crippen LogP contribution is 2.66. The fourth-order valence-electron chi connectivity index (χ4n) is 5.94. The number of aliphatic hydroxyl groups is 1. The smallest absolute Gasteiger partial charge is 0.342 e. The zero-order valence-corrected chi connectivity index (χ0v) is 16.3. The molecular weight excluding hydrogens is 360 g/mol. The summed E-state index contributed by atoms with van der Waals surface area (Å²) in [6, 6.07) is 2.43. The first-order valence-corrected chi connectivity index (χ1v) is 9.75. The van der Waals surface area contributed by atoms with Crippen molar-refractivity contribution in [2.45, 2.75) is 51.7 Å². The summed E-state index contributed by atoms with van der Waals surface area (Å²) in [5.41, 5.74) is -1.42. The van der Waals surface area contributed by atoms with Crippen LogP contribution >= 0.6 is 0 Å². The first-order chi connectivity index (χ1) is 13.1. The Morgan fingerprint density at radius 3 is 2.64 bits per heavy atom. The van der Waals surface area contributed by atoms with E-state index in [1.807, 2.05) is 13.0 Å². The van der Waals surface area contributed by atoms with Crippen molar-refractivity contribution >= 4 is 12.3 Å². The molecule has 0 heterocycles. The highest BCUT2D eigenvalue weighted by Gasteiger charge is 2.72. The van der Waals surface area contributed by atoms with E-state index in [0.717, 1.165) is 18.9 Å². The number of phenolic OH excluding ortho intramolecular Hbond substituents is 2. The number of fused-ring (bicyclic) bond motifs is 3. The quantitative estimate of drug-likeness (QED) is 0.545. The van der Waals surface area contributed by atoms with Crippen LogP contribution in [0.15, 0.2) is 23.8 Å². The SMILES string of the molecule is Cc1cc(O)cc(O)c1C(=O)OC1CC2(C)C3CC(C)CC3C=C(C=O)C12O. The highest BCUT2D eigenvalue weighted by atomic mass is 16.6. The summed E-state index contributed by atoms with van der Waals surface area (Å²) in [7, 11) is 0. The fraction of sp³-hybridized carbons (Fsp3) is 0.545. The second-order valence-corrected chi connectivity index (χ2v) is 9.03. The Kier molecular flexibility index (Phi) is 4.12. The number of carbonyl (C=O) groups excluding carboxylic acids is 2. The van der Waals surface area contributed by atoms with Crippen molar-refractivity contribution < 1.29 is 29.6 Å². The number of aromatic hydroxyl groups is 2. The number of ether oxygens (including phenoxy) is 1. The molecule has 2 fully saturated rings. The summed E-state index contributed by atoms with van der Waals surface area (Å²) in [4.78, 5) is 24.5. The van der Waals surface area contributed by atoms with Crippen LogP contribution in [0.2, 0.25) is 0 Å². The van der Waals surface area contributed by atoms with Crippen molar-refractivity contribution in [3.8, 4) is 11.5 Å². The van der Waals surface area contributed by atoms with E-state index in [-0.39, 0.29) is 28.9 Å². The number of rotatable bonds is 3. The lowest BCUT2D eigenvalue weighted by molar-refractivity contribution is -0.246. The molecule has 6 heteroatoms. The Morgan fingerprint density at radius 1 is 1.29 bits per heavy atom. The topological polar surface area (TPSA) is 104 Å². The van der Waals surface area contributed by atoms with Crippen molar-refractivity contribution in [2.75, 3.05) is 0 Å². The molecule has 0 spiro atoms. The molecule has 6 nitrogen and oxygen atoms in total. The van der Waals surface area contributed by atoms with Crippen molar-refractivity contribution in [2.24, 2.45) is 23.2 Å². The summed E-state index contributed by atoms with van der Waals surface area (Å²) in [5, 5.41) is 31.1. The molecule has 0 amide bonds. The summed E-state index contributed by atoms with van der Waals surface area (Å²) < 4.78 is 5.59. The zero-order chi connectivity index (χ0) is 20.4. The van der Waals surface area contributed by atoms with E-state index < -0.39 is 23.1 Å². The monoisotopic (exact) mass is 386 g/mol. The van der Waals surface area contributed by atoms with Gasteiger partial charge in [-0.2, -0.15) is 0 Å². The molecule has 0 radical (unpaired) electrons. The zero-order valence-electron chi connectivity index (χ0n) is 16.3. The average molecular weight is 386 g/mol. The van der Waals surface area contributed by atoms with Crippen molar-refractivity contribution in [3.63, 3.8) is 0 Å². The number of esters is 1. The van der Waals surface area contributed by atoms with Crippen molar-refractivity contribution in [1.29, 1.82) is 0 Å². The van der Waals surface area contributed by atoms with Crippen LogP contribution in [0.5, 0.6) is 11.5 Å². The third-order valence-corrected chi connectivity index (χ3v) is 7.33. The van der Waals surface area contributed by atoms with Crippen LogP contribution in [0.3, 0.4) is 0 Å². The molecule has 1 aromatic rings. The van der Waals surface area contributed by atoms with Crippen LogP contribution in [-0.2, 0) is 9.53 Å². The Hall–Kier alpha value is -2.34. The minimum Gasteiger partial charge on any atom is -0.508 e. The third-order valence-electron chi connectivity index (χ3n) is 7.33. The largest absolute Gasteiger partial charge is 0.508 e. The van der Waals surface area contributed by atoms with Crippen LogP contribution in [0.4, 0.5) is 0 Å². The number of phenols is 2. The molecule has 6 atom stereocenters. The lowest BCUT2D eigenvalue weighted by Gasteiger charge is -2.64. The van der Waals surface area contributed by atoms with Gasteiger partial charge in [0.05, 0.1) is 0 Å². The normalized spacial score (nSPS) is 38.6. The van der Waals surface area contributed by atoms with Crippen LogP contribution < -0.4 is 0 Å². The van der Waals surface area contributed by atoms with Crippen LogP contribution in [0.1, 0.15) is 49.0 Å². The van der Waals surface area contributed by atoms with E-state index in [1.165, 1.54) is 6.07 Å². The summed E-state index contributed by atoms with van der Waals surface area (Å²) in [6.45, 7) is 5.74. The molecule has 2 saturated carbocycles. The van der Waals surface area contributed by atoms with Gasteiger partial charge in [-0.1, -0.05) is 19.9 Å². The molecular formula is C22H26O6. The van der Waals surface area contributed by atoms with E-state index in [1.54, 1.807) is 6.92 Å². The van der Waals surface area contributed by atoms with Gasteiger partial charge in [-0.05, 0) is 55.6 Å². The summed E-state index contributed by atoms with van der Waals surface area (Å²) in [6.07, 6.45) is 4.13. The van der Waals surface area contributed by atoms with Crippen LogP contribution in [0.25, 0.3) is 0 Å². The number of aryl methyl sites for hydroxylation is 1. The number of benzene rings is 1. The van der Waals surface area contributed by atoms with Gasteiger partial charge < -0.3 is 20.1 Å². The Balaban J connectivity index is 1.65. The first-order valence-electron chi connectivity index (χ1n) is 9.75. The van der Waals surface area contributed by atoms with Gasteiger partial charge in [0, 0.05) is 17.1 Å². The van der Waals surface area contributed by atoms with Gasteiger partial charge in [-0.25, -0.2) is 4.79 Å². The van der Waals surface area contributed by atoms with E-state index in [0.29, 0.717) is 29.8 Å². The Labute approximate surface area is 163 Å². The molecule has 28 heavy (non-hydrogen) atoms. The second kappa shape index (κ2) is 6.08. The second-order valence-electron chi connectivity index (χ2n) is 9.03. The van der Waals surface area contributed by atoms with Gasteiger partial charge in [0.15, 0.2) is 0 Å². The lowest BCUT2D eigenvalue weighted by atomic mass is 9.44. The molecule has 4 rings (SSSR count). The standard InChI is InChI=1S/C22H26O6/c1-11-4-13-7-14(10-23)22(27)18(9-21(22,3)16(13)5-11)28-20(26)19-12(2)6-15(24)8-17(19)25/h6-8,10-11,13,16,18,24-25,27H,4-5,9H2,1-3H3. The molecule has 3 N–H and O–H groups in total. The highest BCUT2D eigenvalue weighted by molar-refractivity contribution is 5.94. The van der Waals surface area contributed by atoms with Crippen LogP contribution in [-0.4, -0.2) is 39.3 Å². The molecule has 1 aromatic carbocycles. The molecule has 3 aliphatic rings.